The van der Waals surface area contributed by atoms with Gasteiger partial charge in [-0.2, -0.15) is 0 Å². The number of carbonyl (C=O) groups excluding carboxylic acids is 2. The topological polar surface area (TPSA) is 99.9 Å². The molecule has 0 bridgehead atoms. The predicted molar refractivity (Wildman–Crippen MR) is 96.9 cm³/mol. The molecule has 0 radical (unpaired) electrons. The zero-order valence-electron chi connectivity index (χ0n) is 15.5. The van der Waals surface area contributed by atoms with Crippen molar-refractivity contribution in [3.8, 4) is 0 Å². The molecular weight excluding hydrogens is 336 g/mol. The number of rotatable bonds is 7. The number of nitrogens with zero attached hydrogens (tertiary/aromatic N) is 1. The molecule has 1 heterocycles. The van der Waals surface area contributed by atoms with Gasteiger partial charge in [0.15, 0.2) is 0 Å². The summed E-state index contributed by atoms with van der Waals surface area (Å²) < 4.78 is 5.62. The summed E-state index contributed by atoms with van der Waals surface area (Å²) in [5, 5.41) is 12.7. The molecule has 0 saturated carbocycles. The van der Waals surface area contributed by atoms with Gasteiger partial charge in [0, 0.05) is 31.0 Å². The maximum Gasteiger partial charge on any atom is 0.326 e. The average Bonchev–Trinajstić information content (AvgIpc) is 2.97. The summed E-state index contributed by atoms with van der Waals surface area (Å²) in [6, 6.07) is 2.89. The third-order valence-corrected chi connectivity index (χ3v) is 4.56. The highest BCUT2D eigenvalue weighted by Gasteiger charge is 2.26. The lowest BCUT2D eigenvalue weighted by Crippen LogP contribution is -2.47. The summed E-state index contributed by atoms with van der Waals surface area (Å²) in [7, 11) is 0. The van der Waals surface area contributed by atoms with Crippen LogP contribution in [0.4, 0.5) is 0 Å². The summed E-state index contributed by atoms with van der Waals surface area (Å²) in [6.45, 7) is 7.09. The number of fused-ring (bicyclic) bond motifs is 1. The Kier molecular flexibility index (Phi) is 6.02. The van der Waals surface area contributed by atoms with Crippen molar-refractivity contribution in [1.29, 1.82) is 0 Å². The number of hydrogen-bond donors (Lipinski definition) is 2. The smallest absolute Gasteiger partial charge is 0.326 e. The van der Waals surface area contributed by atoms with Crippen molar-refractivity contribution in [2.45, 2.75) is 40.2 Å². The summed E-state index contributed by atoms with van der Waals surface area (Å²) in [5.74, 6) is -1.65. The second kappa shape index (κ2) is 8.03. The maximum absolute atomic E-state index is 12.7. The van der Waals surface area contributed by atoms with E-state index in [4.69, 9.17) is 4.42 Å². The molecule has 7 heteroatoms. The number of furan rings is 1. The number of aryl methyl sites for hydroxylation is 2. The van der Waals surface area contributed by atoms with Crippen molar-refractivity contribution < 1.29 is 23.9 Å². The van der Waals surface area contributed by atoms with Crippen molar-refractivity contribution >= 4 is 28.8 Å². The Labute approximate surface area is 152 Å². The van der Waals surface area contributed by atoms with E-state index in [1.165, 1.54) is 18.7 Å². The monoisotopic (exact) mass is 360 g/mol. The fourth-order valence-electron chi connectivity index (χ4n) is 2.81. The summed E-state index contributed by atoms with van der Waals surface area (Å²) in [5.41, 5.74) is 3.57. The van der Waals surface area contributed by atoms with Gasteiger partial charge < -0.3 is 19.7 Å². The van der Waals surface area contributed by atoms with E-state index in [1.807, 2.05) is 26.0 Å². The number of aliphatic carboxylic acids is 1. The van der Waals surface area contributed by atoms with E-state index < -0.39 is 12.0 Å². The Morgan fingerprint density at radius 2 is 1.96 bits per heavy atom. The van der Waals surface area contributed by atoms with Gasteiger partial charge in [0.25, 0.3) is 0 Å². The van der Waals surface area contributed by atoms with Gasteiger partial charge in [-0.15, -0.1) is 0 Å². The second-order valence-electron chi connectivity index (χ2n) is 6.41. The summed E-state index contributed by atoms with van der Waals surface area (Å²) in [4.78, 5) is 36.4. The van der Waals surface area contributed by atoms with Crippen molar-refractivity contribution in [3.05, 3.63) is 35.1 Å². The van der Waals surface area contributed by atoms with Crippen molar-refractivity contribution in [2.24, 2.45) is 0 Å². The van der Waals surface area contributed by atoms with E-state index in [2.05, 4.69) is 5.32 Å². The first kappa shape index (κ1) is 19.5. The van der Waals surface area contributed by atoms with Gasteiger partial charge in [0.05, 0.1) is 12.7 Å². The van der Waals surface area contributed by atoms with Crippen molar-refractivity contribution in [2.75, 3.05) is 13.1 Å². The molecule has 1 unspecified atom stereocenters. The van der Waals surface area contributed by atoms with Crippen LogP contribution in [0.2, 0.25) is 0 Å². The number of nitrogens with one attached hydrogen (secondary N) is 1. The van der Waals surface area contributed by atoms with E-state index in [9.17, 15) is 19.5 Å². The molecule has 1 aromatic heterocycles. The Bertz CT molecular complexity index is 840. The van der Waals surface area contributed by atoms with Gasteiger partial charge in [-0.05, 0) is 31.9 Å². The molecule has 140 valence electrons. The maximum atomic E-state index is 12.7. The first-order valence-corrected chi connectivity index (χ1v) is 8.45. The Hall–Kier alpha value is -2.83. The van der Waals surface area contributed by atoms with Gasteiger partial charge in [-0.1, -0.05) is 12.1 Å². The lowest BCUT2D eigenvalue weighted by molar-refractivity contribution is -0.149. The zero-order chi connectivity index (χ0) is 19.4. The van der Waals surface area contributed by atoms with Crippen LogP contribution in [0.1, 0.15) is 30.5 Å². The SMILES string of the molecule is CC(=O)NCCN(C(=O)Cc1coc2c(C)c(C)ccc12)C(C)C(=O)O. The van der Waals surface area contributed by atoms with Crippen molar-refractivity contribution in [1.82, 2.24) is 10.2 Å². The minimum atomic E-state index is -1.09. The van der Waals surface area contributed by atoms with Crippen LogP contribution in [0.15, 0.2) is 22.8 Å². The number of carboxylic acids is 1. The quantitative estimate of drug-likeness (QED) is 0.787. The van der Waals surface area contributed by atoms with Crippen LogP contribution in [0.5, 0.6) is 0 Å². The number of benzene rings is 1. The second-order valence-corrected chi connectivity index (χ2v) is 6.41. The Morgan fingerprint density at radius 1 is 1.27 bits per heavy atom. The lowest BCUT2D eigenvalue weighted by atomic mass is 10.0. The molecular formula is C19H24N2O5. The highest BCUT2D eigenvalue weighted by atomic mass is 16.4. The van der Waals surface area contributed by atoms with Crippen LogP contribution < -0.4 is 5.32 Å². The van der Waals surface area contributed by atoms with E-state index in [1.54, 1.807) is 6.26 Å². The first-order chi connectivity index (χ1) is 12.2. The van der Waals surface area contributed by atoms with E-state index in [0.29, 0.717) is 0 Å². The molecule has 7 nitrogen and oxygen atoms in total. The fraction of sp³-hybridized carbons (Fsp3) is 0.421. The van der Waals surface area contributed by atoms with Crippen LogP contribution in [0.25, 0.3) is 11.0 Å². The van der Waals surface area contributed by atoms with Crippen molar-refractivity contribution in [3.63, 3.8) is 0 Å². The molecule has 0 saturated heterocycles. The molecule has 2 aromatic rings. The predicted octanol–water partition coefficient (Wildman–Crippen LogP) is 2.03. The highest BCUT2D eigenvalue weighted by molar-refractivity contribution is 5.91. The minimum absolute atomic E-state index is 0.0349. The largest absolute Gasteiger partial charge is 0.480 e. The van der Waals surface area contributed by atoms with Gasteiger partial charge >= 0.3 is 5.97 Å². The zero-order valence-corrected chi connectivity index (χ0v) is 15.5. The molecule has 26 heavy (non-hydrogen) atoms. The average molecular weight is 360 g/mol. The third-order valence-electron chi connectivity index (χ3n) is 4.56. The van der Waals surface area contributed by atoms with E-state index in [-0.39, 0.29) is 31.3 Å². The normalized spacial score (nSPS) is 12.0. The molecule has 1 aromatic carbocycles. The fourth-order valence-corrected chi connectivity index (χ4v) is 2.81. The van der Waals surface area contributed by atoms with Crippen LogP contribution in [0, 0.1) is 13.8 Å². The molecule has 0 aliphatic heterocycles. The van der Waals surface area contributed by atoms with Gasteiger partial charge in [0.2, 0.25) is 11.8 Å². The molecule has 2 amide bonds. The van der Waals surface area contributed by atoms with Crippen LogP contribution in [-0.2, 0) is 20.8 Å². The molecule has 0 aliphatic rings. The standard InChI is InChI=1S/C19H24N2O5/c1-11-5-6-16-15(10-26-18(16)12(11)2)9-17(23)21(13(3)19(24)25)8-7-20-14(4)22/h5-6,10,13H,7-9H2,1-4H3,(H,20,22)(H,24,25). The van der Waals surface area contributed by atoms with Crippen LogP contribution in [0.3, 0.4) is 0 Å². The molecule has 0 aliphatic carbocycles. The number of carboxylic acid groups (broad SMARTS) is 1. The number of carbonyl (C=O) groups is 3. The molecule has 1 atom stereocenters. The minimum Gasteiger partial charge on any atom is -0.480 e. The number of hydrogen-bond acceptors (Lipinski definition) is 4. The summed E-state index contributed by atoms with van der Waals surface area (Å²) >= 11 is 0. The Morgan fingerprint density at radius 3 is 2.58 bits per heavy atom. The number of amides is 2. The third kappa shape index (κ3) is 4.22. The van der Waals surface area contributed by atoms with E-state index >= 15 is 0 Å². The lowest BCUT2D eigenvalue weighted by Gasteiger charge is -2.26. The highest BCUT2D eigenvalue weighted by Crippen LogP contribution is 2.27. The molecule has 0 fully saturated rings. The van der Waals surface area contributed by atoms with Crippen LogP contribution in [-0.4, -0.2) is 46.9 Å². The Balaban J connectivity index is 2.22. The van der Waals surface area contributed by atoms with Crippen LogP contribution >= 0.6 is 0 Å². The van der Waals surface area contributed by atoms with Gasteiger partial charge in [-0.3, -0.25) is 9.59 Å². The molecule has 0 spiro atoms. The van der Waals surface area contributed by atoms with E-state index in [0.717, 1.165) is 27.7 Å². The van der Waals surface area contributed by atoms with Gasteiger partial charge in [0.1, 0.15) is 11.6 Å². The molecule has 2 N–H and O–H groups in total. The molecule has 2 rings (SSSR count). The summed E-state index contributed by atoms with van der Waals surface area (Å²) in [6.07, 6.45) is 1.58. The first-order valence-electron chi connectivity index (χ1n) is 8.45. The van der Waals surface area contributed by atoms with Gasteiger partial charge in [-0.25, -0.2) is 4.79 Å².